The zero-order valence-corrected chi connectivity index (χ0v) is 10.7. The topological polar surface area (TPSA) is 102 Å². The van der Waals surface area contributed by atoms with Crippen LogP contribution in [0.2, 0.25) is 0 Å². The number of carbonyl (C=O) groups is 1. The normalized spacial score (nSPS) is 12.5. The molecule has 0 saturated heterocycles. The number of carboxylic acid groups (broad SMARTS) is 1. The average Bonchev–Trinajstić information content (AvgIpc) is 2.77. The number of hydrogen-bond donors (Lipinski definition) is 2. The Bertz CT molecular complexity index is 583. The summed E-state index contributed by atoms with van der Waals surface area (Å²) in [7, 11) is 1.53. The van der Waals surface area contributed by atoms with Crippen LogP contribution in [0.1, 0.15) is 12.2 Å². The molecular formula is C11H15N5O3. The van der Waals surface area contributed by atoms with E-state index >= 15 is 0 Å². The fraction of sp³-hybridized carbons (Fsp3) is 0.455. The number of carboxylic acids is 1. The monoisotopic (exact) mass is 265 g/mol. The van der Waals surface area contributed by atoms with Gasteiger partial charge in [0, 0.05) is 32.5 Å². The molecule has 0 aliphatic heterocycles. The van der Waals surface area contributed by atoms with Crippen LogP contribution >= 0.6 is 0 Å². The van der Waals surface area contributed by atoms with Crippen molar-refractivity contribution in [2.24, 2.45) is 0 Å². The molecule has 19 heavy (non-hydrogen) atoms. The number of nitrogens with zero attached hydrogens (tertiary/aromatic N) is 4. The summed E-state index contributed by atoms with van der Waals surface area (Å²) in [4.78, 5) is 15.3. The van der Waals surface area contributed by atoms with Crippen LogP contribution < -0.4 is 5.32 Å². The number of rotatable bonds is 6. The van der Waals surface area contributed by atoms with Gasteiger partial charge < -0.3 is 15.2 Å². The Morgan fingerprint density at radius 2 is 2.37 bits per heavy atom. The van der Waals surface area contributed by atoms with E-state index in [1.54, 1.807) is 16.8 Å². The molecule has 8 nitrogen and oxygen atoms in total. The van der Waals surface area contributed by atoms with Crippen LogP contribution in [0.25, 0.3) is 5.65 Å². The van der Waals surface area contributed by atoms with Gasteiger partial charge in [0.2, 0.25) is 5.65 Å². The van der Waals surface area contributed by atoms with E-state index in [-0.39, 0.29) is 0 Å². The maximum atomic E-state index is 11.2. The van der Waals surface area contributed by atoms with Crippen molar-refractivity contribution in [1.29, 1.82) is 0 Å². The van der Waals surface area contributed by atoms with Gasteiger partial charge in [-0.05, 0) is 6.92 Å². The number of fused-ring (bicyclic) bond motifs is 1. The minimum absolute atomic E-state index is 0.335. The summed E-state index contributed by atoms with van der Waals surface area (Å²) in [5.41, 5.74) is 0.503. The Morgan fingerprint density at radius 1 is 1.58 bits per heavy atom. The van der Waals surface area contributed by atoms with Crippen LogP contribution in [-0.4, -0.2) is 50.4 Å². The molecule has 8 heteroatoms. The van der Waals surface area contributed by atoms with E-state index in [1.165, 1.54) is 7.11 Å². The predicted molar refractivity (Wildman–Crippen MR) is 67.1 cm³/mol. The Labute approximate surface area is 109 Å². The molecule has 0 aliphatic rings. The Balaban J connectivity index is 2.26. The molecule has 0 amide bonds. The summed E-state index contributed by atoms with van der Waals surface area (Å²) in [5, 5.41) is 19.9. The van der Waals surface area contributed by atoms with Crippen molar-refractivity contribution in [3.8, 4) is 0 Å². The highest BCUT2D eigenvalue weighted by Crippen LogP contribution is 2.14. The largest absolute Gasteiger partial charge is 0.480 e. The van der Waals surface area contributed by atoms with Crippen LogP contribution in [0.4, 0.5) is 5.82 Å². The van der Waals surface area contributed by atoms with Crippen molar-refractivity contribution >= 4 is 17.4 Å². The van der Waals surface area contributed by atoms with Crippen LogP contribution in [0.3, 0.4) is 0 Å². The standard InChI is InChI=1S/C11H15N5O3/c1-7-14-15-10-9(12-4-5-16(7)10)13-8(11(17)18)3-6-19-2/h4-5,8H,3,6H2,1-2H3,(H,12,13)(H,17,18). The highest BCUT2D eigenvalue weighted by Gasteiger charge is 2.19. The van der Waals surface area contributed by atoms with Crippen molar-refractivity contribution < 1.29 is 14.6 Å². The molecule has 1 unspecified atom stereocenters. The van der Waals surface area contributed by atoms with Gasteiger partial charge >= 0.3 is 5.97 Å². The second kappa shape index (κ2) is 5.61. The lowest BCUT2D eigenvalue weighted by Gasteiger charge is -2.14. The molecule has 0 spiro atoms. The number of aromatic nitrogens is 4. The molecule has 0 radical (unpaired) electrons. The molecule has 2 heterocycles. The minimum Gasteiger partial charge on any atom is -0.480 e. The van der Waals surface area contributed by atoms with Crippen LogP contribution in [0.5, 0.6) is 0 Å². The van der Waals surface area contributed by atoms with Crippen LogP contribution in [-0.2, 0) is 9.53 Å². The second-order valence-corrected chi connectivity index (χ2v) is 4.03. The van der Waals surface area contributed by atoms with Gasteiger partial charge in [-0.1, -0.05) is 0 Å². The van der Waals surface area contributed by atoms with Gasteiger partial charge in [-0.15, -0.1) is 10.2 Å². The summed E-state index contributed by atoms with van der Waals surface area (Å²) in [6.07, 6.45) is 3.63. The quantitative estimate of drug-likeness (QED) is 0.776. The molecule has 0 aromatic carbocycles. The molecular weight excluding hydrogens is 250 g/mol. The lowest BCUT2D eigenvalue weighted by Crippen LogP contribution is -2.31. The molecule has 102 valence electrons. The fourth-order valence-corrected chi connectivity index (χ4v) is 1.70. The maximum Gasteiger partial charge on any atom is 0.326 e. The van der Waals surface area contributed by atoms with E-state index in [1.807, 2.05) is 6.92 Å². The van der Waals surface area contributed by atoms with Gasteiger partial charge in [0.1, 0.15) is 11.9 Å². The number of aryl methyl sites for hydroxylation is 1. The number of nitrogens with one attached hydrogen (secondary N) is 1. The third-order valence-corrected chi connectivity index (χ3v) is 2.72. The molecule has 2 aromatic heterocycles. The first kappa shape index (κ1) is 13.2. The highest BCUT2D eigenvalue weighted by molar-refractivity contribution is 5.78. The third kappa shape index (κ3) is 2.79. The van der Waals surface area contributed by atoms with Crippen molar-refractivity contribution in [1.82, 2.24) is 19.6 Å². The van der Waals surface area contributed by atoms with Crippen molar-refractivity contribution in [2.75, 3.05) is 19.0 Å². The van der Waals surface area contributed by atoms with Gasteiger partial charge in [-0.2, -0.15) is 0 Å². The van der Waals surface area contributed by atoms with Crippen molar-refractivity contribution in [3.05, 3.63) is 18.2 Å². The average molecular weight is 265 g/mol. The van der Waals surface area contributed by atoms with E-state index in [4.69, 9.17) is 9.84 Å². The first-order valence-corrected chi connectivity index (χ1v) is 5.78. The Hall–Kier alpha value is -2.22. The van der Waals surface area contributed by atoms with E-state index in [0.717, 1.165) is 0 Å². The molecule has 0 aliphatic carbocycles. The lowest BCUT2D eigenvalue weighted by atomic mass is 10.2. The van der Waals surface area contributed by atoms with E-state index in [0.29, 0.717) is 30.3 Å². The molecule has 2 rings (SSSR count). The van der Waals surface area contributed by atoms with E-state index in [2.05, 4.69) is 20.5 Å². The van der Waals surface area contributed by atoms with Gasteiger partial charge in [0.25, 0.3) is 0 Å². The number of anilines is 1. The van der Waals surface area contributed by atoms with Gasteiger partial charge in [0.05, 0.1) is 0 Å². The van der Waals surface area contributed by atoms with Gasteiger partial charge in [-0.3, -0.25) is 4.40 Å². The summed E-state index contributed by atoms with van der Waals surface area (Å²) in [6, 6.07) is -0.782. The smallest absolute Gasteiger partial charge is 0.326 e. The maximum absolute atomic E-state index is 11.2. The highest BCUT2D eigenvalue weighted by atomic mass is 16.5. The second-order valence-electron chi connectivity index (χ2n) is 4.03. The molecule has 2 N–H and O–H groups in total. The van der Waals surface area contributed by atoms with E-state index < -0.39 is 12.0 Å². The number of methoxy groups -OCH3 is 1. The summed E-state index contributed by atoms with van der Waals surface area (Å²) in [6.45, 7) is 2.15. The predicted octanol–water partition coefficient (Wildman–Crippen LogP) is 0.334. The van der Waals surface area contributed by atoms with Crippen molar-refractivity contribution in [3.63, 3.8) is 0 Å². The minimum atomic E-state index is -0.961. The number of ether oxygens (including phenoxy) is 1. The number of hydrogen-bond acceptors (Lipinski definition) is 6. The van der Waals surface area contributed by atoms with Gasteiger partial charge in [-0.25, -0.2) is 9.78 Å². The zero-order valence-electron chi connectivity index (χ0n) is 10.7. The summed E-state index contributed by atoms with van der Waals surface area (Å²) < 4.78 is 6.64. The Kier molecular flexibility index (Phi) is 3.91. The molecule has 2 aromatic rings. The lowest BCUT2D eigenvalue weighted by molar-refractivity contribution is -0.138. The van der Waals surface area contributed by atoms with Crippen molar-refractivity contribution in [2.45, 2.75) is 19.4 Å². The molecule has 1 atom stereocenters. The Morgan fingerprint density at radius 3 is 3.05 bits per heavy atom. The summed E-state index contributed by atoms with van der Waals surface area (Å²) >= 11 is 0. The van der Waals surface area contributed by atoms with Crippen LogP contribution in [0, 0.1) is 6.92 Å². The first-order valence-electron chi connectivity index (χ1n) is 5.78. The zero-order chi connectivity index (χ0) is 13.8. The third-order valence-electron chi connectivity index (χ3n) is 2.72. The molecule has 0 bridgehead atoms. The SMILES string of the molecule is COCCC(Nc1nccn2c(C)nnc12)C(=O)O. The van der Waals surface area contributed by atoms with E-state index in [9.17, 15) is 4.79 Å². The van der Waals surface area contributed by atoms with Crippen LogP contribution in [0.15, 0.2) is 12.4 Å². The fourth-order valence-electron chi connectivity index (χ4n) is 1.70. The number of aliphatic carboxylic acids is 1. The molecule has 0 saturated carbocycles. The van der Waals surface area contributed by atoms with Gasteiger partial charge in [0.15, 0.2) is 5.82 Å². The first-order chi connectivity index (χ1) is 9.13. The summed E-state index contributed by atoms with van der Waals surface area (Å²) in [5.74, 6) is 0.146. The molecule has 0 fully saturated rings.